The van der Waals surface area contributed by atoms with Crippen LogP contribution in [0.5, 0.6) is 11.5 Å². The van der Waals surface area contributed by atoms with Gasteiger partial charge in [-0.2, -0.15) is 0 Å². The van der Waals surface area contributed by atoms with Crippen molar-refractivity contribution in [1.82, 2.24) is 5.32 Å². The zero-order valence-electron chi connectivity index (χ0n) is 12.7. The standard InChI is InChI=1S/C16H24ClNO3/c1-11-4-3-5-16(8-11,10-19)18-9-12-6-13(17)7-14(21-2)15(12)20/h6-7,11,18-20H,3-5,8-10H2,1-2H3. The van der Waals surface area contributed by atoms with Gasteiger partial charge in [0.05, 0.1) is 13.7 Å². The first kappa shape index (κ1) is 16.4. The molecular formula is C16H24ClNO3. The average Bonchev–Trinajstić information content (AvgIpc) is 2.47. The Hall–Kier alpha value is -0.970. The van der Waals surface area contributed by atoms with Crippen LogP contribution in [0.25, 0.3) is 0 Å². The van der Waals surface area contributed by atoms with Gasteiger partial charge in [0.2, 0.25) is 0 Å². The fourth-order valence-corrected chi connectivity index (χ4v) is 3.45. The monoisotopic (exact) mass is 313 g/mol. The lowest BCUT2D eigenvalue weighted by atomic mass is 9.76. The summed E-state index contributed by atoms with van der Waals surface area (Å²) in [4.78, 5) is 0. The van der Waals surface area contributed by atoms with Crippen molar-refractivity contribution < 1.29 is 14.9 Å². The molecule has 0 saturated heterocycles. The van der Waals surface area contributed by atoms with Crippen LogP contribution >= 0.6 is 11.6 Å². The lowest BCUT2D eigenvalue weighted by Gasteiger charge is -2.39. The summed E-state index contributed by atoms with van der Waals surface area (Å²) in [6.45, 7) is 2.77. The number of aliphatic hydroxyl groups excluding tert-OH is 1. The van der Waals surface area contributed by atoms with Gasteiger partial charge in [0.15, 0.2) is 11.5 Å². The van der Waals surface area contributed by atoms with Gasteiger partial charge in [0.1, 0.15) is 0 Å². The molecule has 1 fully saturated rings. The zero-order valence-corrected chi connectivity index (χ0v) is 13.4. The van der Waals surface area contributed by atoms with E-state index in [1.807, 2.05) is 0 Å². The Morgan fingerprint density at radius 3 is 2.86 bits per heavy atom. The third-order valence-electron chi connectivity index (χ3n) is 4.39. The van der Waals surface area contributed by atoms with Crippen molar-refractivity contribution in [2.45, 2.75) is 44.7 Å². The Morgan fingerprint density at radius 1 is 1.48 bits per heavy atom. The molecule has 0 radical (unpaired) electrons. The van der Waals surface area contributed by atoms with E-state index in [0.717, 1.165) is 19.3 Å². The maximum atomic E-state index is 10.2. The number of nitrogens with one attached hydrogen (secondary N) is 1. The van der Waals surface area contributed by atoms with Crippen LogP contribution in [0.2, 0.25) is 5.02 Å². The number of phenols is 1. The lowest BCUT2D eigenvalue weighted by molar-refractivity contribution is 0.0980. The van der Waals surface area contributed by atoms with E-state index in [1.165, 1.54) is 13.5 Å². The topological polar surface area (TPSA) is 61.7 Å². The highest BCUT2D eigenvalue weighted by Crippen LogP contribution is 2.35. The molecule has 0 amide bonds. The maximum absolute atomic E-state index is 10.2. The molecule has 0 aromatic heterocycles. The minimum atomic E-state index is -0.264. The van der Waals surface area contributed by atoms with E-state index in [2.05, 4.69) is 12.2 Å². The van der Waals surface area contributed by atoms with Crippen LogP contribution < -0.4 is 10.1 Å². The van der Waals surface area contributed by atoms with Gasteiger partial charge in [-0.25, -0.2) is 0 Å². The number of hydrogen-bond donors (Lipinski definition) is 3. The SMILES string of the molecule is COc1cc(Cl)cc(CNC2(CO)CCCC(C)C2)c1O. The van der Waals surface area contributed by atoms with Crippen molar-refractivity contribution in [3.63, 3.8) is 0 Å². The molecule has 1 aliphatic carbocycles. The first-order valence-corrected chi connectivity index (χ1v) is 7.79. The summed E-state index contributed by atoms with van der Waals surface area (Å²) in [5.41, 5.74) is 0.421. The summed E-state index contributed by atoms with van der Waals surface area (Å²) in [7, 11) is 1.50. The highest BCUT2D eigenvalue weighted by molar-refractivity contribution is 6.30. The molecule has 0 heterocycles. The van der Waals surface area contributed by atoms with Crippen molar-refractivity contribution in [1.29, 1.82) is 0 Å². The molecule has 2 rings (SSSR count). The van der Waals surface area contributed by atoms with Crippen LogP contribution in [-0.4, -0.2) is 29.5 Å². The van der Waals surface area contributed by atoms with Gasteiger partial charge in [-0.15, -0.1) is 0 Å². The third kappa shape index (κ3) is 3.82. The predicted molar refractivity (Wildman–Crippen MR) is 84.0 cm³/mol. The van der Waals surface area contributed by atoms with Crippen LogP contribution in [0.1, 0.15) is 38.2 Å². The summed E-state index contributed by atoms with van der Waals surface area (Å²) in [5, 5.41) is 23.9. The summed E-state index contributed by atoms with van der Waals surface area (Å²) >= 11 is 6.05. The van der Waals surface area contributed by atoms with Gasteiger partial charge in [0, 0.05) is 28.7 Å². The van der Waals surface area contributed by atoms with E-state index in [1.54, 1.807) is 12.1 Å². The number of phenolic OH excluding ortho intramolecular Hbond substituents is 1. The van der Waals surface area contributed by atoms with Crippen molar-refractivity contribution in [2.24, 2.45) is 5.92 Å². The summed E-state index contributed by atoms with van der Waals surface area (Å²) in [5.74, 6) is 1.07. The molecule has 1 aliphatic rings. The van der Waals surface area contributed by atoms with Crippen LogP contribution in [-0.2, 0) is 6.54 Å². The van der Waals surface area contributed by atoms with Gasteiger partial charge in [-0.05, 0) is 24.8 Å². The van der Waals surface area contributed by atoms with E-state index < -0.39 is 0 Å². The Kier molecular flexibility index (Phi) is 5.36. The van der Waals surface area contributed by atoms with Crippen LogP contribution in [0.4, 0.5) is 0 Å². The van der Waals surface area contributed by atoms with Crippen molar-refractivity contribution in [2.75, 3.05) is 13.7 Å². The van der Waals surface area contributed by atoms with Gasteiger partial charge >= 0.3 is 0 Å². The lowest BCUT2D eigenvalue weighted by Crippen LogP contribution is -2.51. The quantitative estimate of drug-likeness (QED) is 0.782. The molecule has 2 atom stereocenters. The normalized spacial score (nSPS) is 25.8. The Balaban J connectivity index is 2.13. The molecule has 2 unspecified atom stereocenters. The molecule has 4 nitrogen and oxygen atoms in total. The smallest absolute Gasteiger partial charge is 0.162 e. The van der Waals surface area contributed by atoms with Gasteiger partial charge in [-0.1, -0.05) is 31.4 Å². The number of benzene rings is 1. The Morgan fingerprint density at radius 2 is 2.24 bits per heavy atom. The molecule has 118 valence electrons. The molecule has 21 heavy (non-hydrogen) atoms. The molecule has 1 saturated carbocycles. The molecule has 0 aliphatic heterocycles. The number of rotatable bonds is 5. The van der Waals surface area contributed by atoms with E-state index in [-0.39, 0.29) is 17.9 Å². The van der Waals surface area contributed by atoms with Crippen LogP contribution in [0.3, 0.4) is 0 Å². The van der Waals surface area contributed by atoms with Crippen molar-refractivity contribution in [3.05, 3.63) is 22.7 Å². The van der Waals surface area contributed by atoms with Crippen LogP contribution in [0.15, 0.2) is 12.1 Å². The molecule has 1 aromatic rings. The van der Waals surface area contributed by atoms with Crippen LogP contribution in [0, 0.1) is 5.92 Å². The highest BCUT2D eigenvalue weighted by atomic mass is 35.5. The number of halogens is 1. The Labute approximate surface area is 131 Å². The second-order valence-corrected chi connectivity index (χ2v) is 6.55. The molecular weight excluding hydrogens is 290 g/mol. The first-order chi connectivity index (χ1) is 9.99. The Bertz CT molecular complexity index is 495. The molecule has 1 aromatic carbocycles. The van der Waals surface area contributed by atoms with E-state index in [9.17, 15) is 10.2 Å². The van der Waals surface area contributed by atoms with E-state index in [4.69, 9.17) is 16.3 Å². The van der Waals surface area contributed by atoms with Gasteiger partial charge in [0.25, 0.3) is 0 Å². The molecule has 0 bridgehead atoms. The van der Waals surface area contributed by atoms with Crippen molar-refractivity contribution >= 4 is 11.6 Å². The van der Waals surface area contributed by atoms with Gasteiger partial charge < -0.3 is 20.3 Å². The minimum absolute atomic E-state index is 0.103. The summed E-state index contributed by atoms with van der Waals surface area (Å²) in [6.07, 6.45) is 4.22. The third-order valence-corrected chi connectivity index (χ3v) is 4.60. The zero-order chi connectivity index (χ0) is 15.5. The number of methoxy groups -OCH3 is 1. The highest BCUT2D eigenvalue weighted by Gasteiger charge is 2.34. The summed E-state index contributed by atoms with van der Waals surface area (Å²) < 4.78 is 5.12. The van der Waals surface area contributed by atoms with E-state index >= 15 is 0 Å². The molecule has 0 spiro atoms. The number of ether oxygens (including phenoxy) is 1. The summed E-state index contributed by atoms with van der Waals surface area (Å²) in [6, 6.07) is 3.31. The maximum Gasteiger partial charge on any atom is 0.162 e. The van der Waals surface area contributed by atoms with Crippen molar-refractivity contribution in [3.8, 4) is 11.5 Å². The average molecular weight is 314 g/mol. The predicted octanol–water partition coefficient (Wildman–Crippen LogP) is 3.09. The number of aromatic hydroxyl groups is 1. The second kappa shape index (κ2) is 6.86. The fraction of sp³-hybridized carbons (Fsp3) is 0.625. The minimum Gasteiger partial charge on any atom is -0.504 e. The fourth-order valence-electron chi connectivity index (χ4n) is 3.22. The largest absolute Gasteiger partial charge is 0.504 e. The van der Waals surface area contributed by atoms with E-state index in [0.29, 0.717) is 28.8 Å². The molecule has 3 N–H and O–H groups in total. The number of hydrogen-bond acceptors (Lipinski definition) is 4. The first-order valence-electron chi connectivity index (χ1n) is 7.41. The molecule has 5 heteroatoms. The number of aliphatic hydroxyl groups is 1. The second-order valence-electron chi connectivity index (χ2n) is 6.11. The van der Waals surface area contributed by atoms with Gasteiger partial charge in [-0.3, -0.25) is 0 Å².